The number of aryl methyl sites for hydroxylation is 2. The second-order valence-electron chi connectivity index (χ2n) is 7.71. The molecule has 0 saturated carbocycles. The van der Waals surface area contributed by atoms with Crippen LogP contribution in [0.25, 0.3) is 22.5 Å². The smallest absolute Gasteiger partial charge is 0.299 e. The van der Waals surface area contributed by atoms with Crippen LogP contribution in [-0.4, -0.2) is 29.8 Å². The van der Waals surface area contributed by atoms with Gasteiger partial charge in [0.1, 0.15) is 0 Å². The monoisotopic (exact) mass is 416 g/mol. The molecule has 0 aliphatic carbocycles. The summed E-state index contributed by atoms with van der Waals surface area (Å²) in [7, 11) is 0. The fourth-order valence-corrected chi connectivity index (χ4v) is 3.91. The number of imidazole rings is 1. The average Bonchev–Trinajstić information content (AvgIpc) is 3.44. The highest BCUT2D eigenvalue weighted by molar-refractivity contribution is 5.80. The van der Waals surface area contributed by atoms with Gasteiger partial charge in [-0.15, -0.1) is 10.2 Å². The molecule has 2 aromatic carbocycles. The Bertz CT molecular complexity index is 1170. The van der Waals surface area contributed by atoms with Gasteiger partial charge in [-0.05, 0) is 41.7 Å². The molecule has 0 aliphatic heterocycles. The van der Waals surface area contributed by atoms with Crippen LogP contribution < -0.4 is 5.69 Å². The number of benzene rings is 2. The topological polar surface area (TPSA) is 81.4 Å². The van der Waals surface area contributed by atoms with Crippen molar-refractivity contribution in [3.8, 4) is 22.5 Å². The molecule has 160 valence electrons. The molecule has 0 bridgehead atoms. The molecule has 0 amide bonds. The molecule has 2 heterocycles. The van der Waals surface area contributed by atoms with E-state index < -0.39 is 0 Å². The largest absolute Gasteiger partial charge is 0.328 e. The number of nitrogens with one attached hydrogen (secondary N) is 1. The lowest BCUT2D eigenvalue weighted by molar-refractivity contribution is 0.638. The highest BCUT2D eigenvalue weighted by Gasteiger charge is 2.13. The van der Waals surface area contributed by atoms with Crippen LogP contribution in [-0.2, 0) is 19.5 Å². The predicted octanol–water partition coefficient (Wildman–Crippen LogP) is 4.30. The number of rotatable bonds is 9. The third kappa shape index (κ3) is 4.50. The van der Waals surface area contributed by atoms with E-state index in [2.05, 4.69) is 57.9 Å². The molecule has 7 nitrogen and oxygen atoms in total. The number of H-pyrrole nitrogens is 1. The number of aromatic nitrogens is 6. The first kappa shape index (κ1) is 20.8. The molecule has 2 aromatic heterocycles. The van der Waals surface area contributed by atoms with Crippen LogP contribution in [0.5, 0.6) is 0 Å². The molecule has 7 heteroatoms. The predicted molar refractivity (Wildman–Crippen MR) is 122 cm³/mol. The first-order chi connectivity index (χ1) is 15.2. The number of tetrazole rings is 1. The zero-order chi connectivity index (χ0) is 21.6. The minimum absolute atomic E-state index is 0.0699. The summed E-state index contributed by atoms with van der Waals surface area (Å²) in [6.07, 6.45) is 6.42. The SMILES string of the molecule is CCCCCc1cn(CC)c(=O)n1Cc1ccc(-c2ccccc2-c2nn[nH]n2)cc1. The Labute approximate surface area is 181 Å². The van der Waals surface area contributed by atoms with Gasteiger partial charge in [-0.1, -0.05) is 68.3 Å². The van der Waals surface area contributed by atoms with Gasteiger partial charge in [-0.3, -0.25) is 9.13 Å². The Hall–Kier alpha value is -3.48. The van der Waals surface area contributed by atoms with E-state index in [1.807, 2.05) is 35.9 Å². The summed E-state index contributed by atoms with van der Waals surface area (Å²) in [5, 5.41) is 14.4. The maximum Gasteiger partial charge on any atom is 0.328 e. The molecule has 0 aliphatic rings. The average molecular weight is 417 g/mol. The normalized spacial score (nSPS) is 11.2. The van der Waals surface area contributed by atoms with Gasteiger partial charge in [0.05, 0.1) is 6.54 Å². The molecule has 31 heavy (non-hydrogen) atoms. The van der Waals surface area contributed by atoms with Crippen LogP contribution in [0.3, 0.4) is 0 Å². The van der Waals surface area contributed by atoms with E-state index in [1.165, 1.54) is 12.8 Å². The number of aromatic amines is 1. The van der Waals surface area contributed by atoms with Gasteiger partial charge < -0.3 is 0 Å². The maximum atomic E-state index is 12.8. The zero-order valence-corrected chi connectivity index (χ0v) is 18.1. The number of hydrogen-bond donors (Lipinski definition) is 1. The van der Waals surface area contributed by atoms with Gasteiger partial charge in [0.25, 0.3) is 0 Å². The van der Waals surface area contributed by atoms with Crippen molar-refractivity contribution in [3.63, 3.8) is 0 Å². The van der Waals surface area contributed by atoms with Gasteiger partial charge in [0.15, 0.2) is 0 Å². The van der Waals surface area contributed by atoms with E-state index in [1.54, 1.807) is 4.57 Å². The van der Waals surface area contributed by atoms with Crippen molar-refractivity contribution in [1.29, 1.82) is 0 Å². The molecular weight excluding hydrogens is 388 g/mol. The van der Waals surface area contributed by atoms with Gasteiger partial charge in [0, 0.05) is 24.0 Å². The lowest BCUT2D eigenvalue weighted by Crippen LogP contribution is -2.25. The van der Waals surface area contributed by atoms with Gasteiger partial charge in [-0.2, -0.15) is 5.21 Å². The van der Waals surface area contributed by atoms with Crippen molar-refractivity contribution < 1.29 is 0 Å². The minimum atomic E-state index is 0.0699. The molecule has 0 unspecified atom stereocenters. The summed E-state index contributed by atoms with van der Waals surface area (Å²) < 4.78 is 3.72. The maximum absolute atomic E-state index is 12.8. The Morgan fingerprint density at radius 2 is 1.74 bits per heavy atom. The zero-order valence-electron chi connectivity index (χ0n) is 18.1. The lowest BCUT2D eigenvalue weighted by atomic mass is 9.98. The van der Waals surface area contributed by atoms with Crippen LogP contribution in [0.1, 0.15) is 44.4 Å². The first-order valence-electron chi connectivity index (χ1n) is 10.9. The molecular formula is C24H28N6O. The molecule has 0 fully saturated rings. The number of unbranched alkanes of at least 4 members (excludes halogenated alkanes) is 2. The van der Waals surface area contributed by atoms with Crippen molar-refractivity contribution >= 4 is 0 Å². The Balaban J connectivity index is 1.60. The third-order valence-corrected chi connectivity index (χ3v) is 5.62. The van der Waals surface area contributed by atoms with E-state index >= 15 is 0 Å². The molecule has 4 aromatic rings. The molecule has 0 saturated heterocycles. The van der Waals surface area contributed by atoms with Crippen LogP contribution in [0.2, 0.25) is 0 Å². The van der Waals surface area contributed by atoms with Crippen molar-refractivity contribution in [2.24, 2.45) is 0 Å². The highest BCUT2D eigenvalue weighted by Crippen LogP contribution is 2.29. The highest BCUT2D eigenvalue weighted by atomic mass is 16.1. The van der Waals surface area contributed by atoms with E-state index in [9.17, 15) is 4.79 Å². The second-order valence-corrected chi connectivity index (χ2v) is 7.71. The summed E-state index contributed by atoms with van der Waals surface area (Å²) in [5.74, 6) is 0.573. The van der Waals surface area contributed by atoms with Crippen molar-refractivity contribution in [3.05, 3.63) is 76.5 Å². The minimum Gasteiger partial charge on any atom is -0.299 e. The summed E-state index contributed by atoms with van der Waals surface area (Å²) in [4.78, 5) is 12.8. The van der Waals surface area contributed by atoms with Gasteiger partial charge in [-0.25, -0.2) is 4.79 Å². The summed E-state index contributed by atoms with van der Waals surface area (Å²) in [6, 6.07) is 16.4. The number of hydrogen-bond acceptors (Lipinski definition) is 4. The van der Waals surface area contributed by atoms with Crippen molar-refractivity contribution in [2.45, 2.75) is 52.6 Å². The second kappa shape index (κ2) is 9.55. The third-order valence-electron chi connectivity index (χ3n) is 5.62. The summed E-state index contributed by atoms with van der Waals surface area (Å²) >= 11 is 0. The van der Waals surface area contributed by atoms with E-state index in [4.69, 9.17) is 0 Å². The van der Waals surface area contributed by atoms with Crippen LogP contribution >= 0.6 is 0 Å². The molecule has 1 N–H and O–H groups in total. The Morgan fingerprint density at radius 3 is 2.42 bits per heavy atom. The fraction of sp³-hybridized carbons (Fsp3) is 0.333. The summed E-state index contributed by atoms with van der Waals surface area (Å²) in [5.41, 5.74) is 5.34. The van der Waals surface area contributed by atoms with Gasteiger partial charge >= 0.3 is 5.69 Å². The van der Waals surface area contributed by atoms with Gasteiger partial charge in [0.2, 0.25) is 5.82 Å². The summed E-state index contributed by atoms with van der Waals surface area (Å²) in [6.45, 7) is 5.48. The van der Waals surface area contributed by atoms with Crippen LogP contribution in [0.15, 0.2) is 59.5 Å². The van der Waals surface area contributed by atoms with Crippen LogP contribution in [0.4, 0.5) is 0 Å². The first-order valence-corrected chi connectivity index (χ1v) is 10.9. The lowest BCUT2D eigenvalue weighted by Gasteiger charge is -2.10. The van der Waals surface area contributed by atoms with E-state index in [0.717, 1.165) is 40.8 Å². The van der Waals surface area contributed by atoms with E-state index in [0.29, 0.717) is 18.9 Å². The van der Waals surface area contributed by atoms with Crippen molar-refractivity contribution in [2.75, 3.05) is 0 Å². The fourth-order valence-electron chi connectivity index (χ4n) is 3.91. The standard InChI is InChI=1S/C24H28N6O/c1-3-5-6-9-20-17-29(4-2)24(31)30(20)16-18-12-14-19(15-13-18)21-10-7-8-11-22(21)23-25-27-28-26-23/h7-8,10-15,17H,3-6,9,16H2,1-2H3,(H,25,26,27,28). The Kier molecular flexibility index (Phi) is 6.40. The molecule has 0 radical (unpaired) electrons. The van der Waals surface area contributed by atoms with Crippen molar-refractivity contribution in [1.82, 2.24) is 29.8 Å². The Morgan fingerprint density at radius 1 is 0.968 bits per heavy atom. The molecule has 4 rings (SSSR count). The quantitative estimate of drug-likeness (QED) is 0.413. The molecule has 0 spiro atoms. The van der Waals surface area contributed by atoms with Crippen LogP contribution in [0, 0.1) is 0 Å². The number of nitrogens with zero attached hydrogens (tertiary/aromatic N) is 5. The van der Waals surface area contributed by atoms with E-state index in [-0.39, 0.29) is 5.69 Å². The molecule has 0 atom stereocenters.